The van der Waals surface area contributed by atoms with Gasteiger partial charge in [0.2, 0.25) is 0 Å². The van der Waals surface area contributed by atoms with Gasteiger partial charge in [-0.2, -0.15) is 5.26 Å². The van der Waals surface area contributed by atoms with Crippen LogP contribution >= 0.6 is 15.9 Å². The predicted octanol–water partition coefficient (Wildman–Crippen LogP) is 3.05. The van der Waals surface area contributed by atoms with E-state index >= 15 is 0 Å². The third-order valence-electron chi connectivity index (χ3n) is 3.31. The van der Waals surface area contributed by atoms with Crippen molar-refractivity contribution in [3.8, 4) is 6.07 Å². The maximum absolute atomic E-state index is 11.1. The molecular formula is C13H9BrN2O. The summed E-state index contributed by atoms with van der Waals surface area (Å²) >= 11 is 3.42. The van der Waals surface area contributed by atoms with Crippen molar-refractivity contribution in [3.63, 3.8) is 0 Å². The summed E-state index contributed by atoms with van der Waals surface area (Å²) in [4.78, 5) is 14.4. The van der Waals surface area contributed by atoms with Gasteiger partial charge >= 0.3 is 0 Å². The molecule has 1 fully saturated rings. The van der Waals surface area contributed by atoms with Crippen molar-refractivity contribution in [2.24, 2.45) is 0 Å². The topological polar surface area (TPSA) is 56.6 Å². The quantitative estimate of drug-likeness (QED) is 0.877. The largest absolute Gasteiger partial charge is 0.357 e. The van der Waals surface area contributed by atoms with Crippen molar-refractivity contribution in [2.45, 2.75) is 18.3 Å². The molecule has 0 bridgehead atoms. The number of H-pyrrole nitrogens is 1. The van der Waals surface area contributed by atoms with Crippen LogP contribution < -0.4 is 0 Å². The van der Waals surface area contributed by atoms with Crippen molar-refractivity contribution in [3.05, 3.63) is 34.4 Å². The molecule has 4 heteroatoms. The first-order chi connectivity index (χ1) is 8.13. The van der Waals surface area contributed by atoms with E-state index in [1.165, 1.54) is 0 Å². The molecule has 84 valence electrons. The van der Waals surface area contributed by atoms with E-state index < -0.39 is 5.41 Å². The lowest BCUT2D eigenvalue weighted by atomic mass is 9.67. The number of nitriles is 1. The number of fused-ring (bicyclic) bond motifs is 1. The monoisotopic (exact) mass is 288 g/mol. The summed E-state index contributed by atoms with van der Waals surface area (Å²) in [6.45, 7) is 0. The zero-order valence-corrected chi connectivity index (χ0v) is 10.5. The highest BCUT2D eigenvalue weighted by Crippen LogP contribution is 2.41. The number of carbonyl (C=O) groups is 1. The molecular weight excluding hydrogens is 280 g/mol. The summed E-state index contributed by atoms with van der Waals surface area (Å²) in [5, 5.41) is 10.3. The molecule has 0 aliphatic heterocycles. The highest BCUT2D eigenvalue weighted by Gasteiger charge is 2.46. The summed E-state index contributed by atoms with van der Waals surface area (Å²) in [6.07, 6.45) is 0.662. The fourth-order valence-corrected chi connectivity index (χ4v) is 2.69. The molecule has 2 aromatic rings. The fourth-order valence-electron chi connectivity index (χ4n) is 2.31. The number of halogens is 1. The Bertz CT molecular complexity index is 658. The molecule has 3 nitrogen and oxygen atoms in total. The van der Waals surface area contributed by atoms with Crippen LogP contribution in [0.25, 0.3) is 10.9 Å². The van der Waals surface area contributed by atoms with Crippen LogP contribution in [0.4, 0.5) is 0 Å². The summed E-state index contributed by atoms with van der Waals surface area (Å²) in [6, 6.07) is 10.2. The van der Waals surface area contributed by atoms with Gasteiger partial charge in [-0.1, -0.05) is 15.9 Å². The van der Waals surface area contributed by atoms with Gasteiger partial charge in [-0.15, -0.1) is 0 Å². The van der Waals surface area contributed by atoms with Gasteiger partial charge in [-0.05, 0) is 24.3 Å². The van der Waals surface area contributed by atoms with Crippen LogP contribution in [0.2, 0.25) is 0 Å². The first-order valence-corrected chi connectivity index (χ1v) is 6.14. The molecule has 0 unspecified atom stereocenters. The molecule has 0 amide bonds. The Hall–Kier alpha value is -1.60. The molecule has 0 saturated heterocycles. The predicted molar refractivity (Wildman–Crippen MR) is 67.5 cm³/mol. The number of ketones is 1. The van der Waals surface area contributed by atoms with Gasteiger partial charge in [0.15, 0.2) is 0 Å². The van der Waals surface area contributed by atoms with E-state index in [-0.39, 0.29) is 5.78 Å². The van der Waals surface area contributed by atoms with E-state index in [2.05, 4.69) is 27.0 Å². The van der Waals surface area contributed by atoms with Crippen LogP contribution in [0.15, 0.2) is 28.7 Å². The van der Waals surface area contributed by atoms with Gasteiger partial charge in [-0.25, -0.2) is 0 Å². The minimum absolute atomic E-state index is 0.159. The Balaban J connectivity index is 2.13. The number of aromatic nitrogens is 1. The second kappa shape index (κ2) is 3.44. The Morgan fingerprint density at radius 2 is 2.12 bits per heavy atom. The Morgan fingerprint density at radius 3 is 2.76 bits per heavy atom. The average Bonchev–Trinajstić information content (AvgIpc) is 2.67. The Labute approximate surface area is 107 Å². The van der Waals surface area contributed by atoms with E-state index in [0.29, 0.717) is 12.8 Å². The average molecular weight is 289 g/mol. The normalized spacial score (nSPS) is 17.8. The van der Waals surface area contributed by atoms with Crippen LogP contribution in [0.5, 0.6) is 0 Å². The number of rotatable bonds is 1. The lowest BCUT2D eigenvalue weighted by molar-refractivity contribution is -0.126. The van der Waals surface area contributed by atoms with E-state index in [1.807, 2.05) is 24.3 Å². The molecule has 1 aromatic heterocycles. The number of Topliss-reactive ketones (excluding diaryl/α,β-unsaturated/α-hetero) is 1. The van der Waals surface area contributed by atoms with Crippen molar-refractivity contribution in [2.75, 3.05) is 0 Å². The van der Waals surface area contributed by atoms with Gasteiger partial charge in [0.1, 0.15) is 11.2 Å². The maximum Gasteiger partial charge on any atom is 0.136 e. The molecule has 0 radical (unpaired) electrons. The van der Waals surface area contributed by atoms with E-state index in [4.69, 9.17) is 0 Å². The maximum atomic E-state index is 11.1. The molecule has 1 N–H and O–H groups in total. The van der Waals surface area contributed by atoms with Gasteiger partial charge in [0, 0.05) is 33.9 Å². The van der Waals surface area contributed by atoms with Crippen LogP contribution in [0.3, 0.4) is 0 Å². The van der Waals surface area contributed by atoms with Crippen LogP contribution in [-0.4, -0.2) is 10.8 Å². The van der Waals surface area contributed by atoms with Crippen molar-refractivity contribution < 1.29 is 4.79 Å². The van der Waals surface area contributed by atoms with Crippen molar-refractivity contribution in [1.29, 1.82) is 5.26 Å². The smallest absolute Gasteiger partial charge is 0.136 e. The SMILES string of the molecule is N#CC1(c2cc3cc(Br)ccc3[nH]2)CC(=O)C1. The minimum Gasteiger partial charge on any atom is -0.357 e. The number of carbonyl (C=O) groups excluding carboxylic acids is 1. The molecule has 1 aliphatic rings. The van der Waals surface area contributed by atoms with Gasteiger partial charge in [-0.3, -0.25) is 4.79 Å². The minimum atomic E-state index is -0.622. The van der Waals surface area contributed by atoms with E-state index in [9.17, 15) is 10.1 Å². The lowest BCUT2D eigenvalue weighted by Gasteiger charge is -2.32. The molecule has 1 heterocycles. The first kappa shape index (κ1) is 10.5. The third kappa shape index (κ3) is 1.50. The second-order valence-electron chi connectivity index (χ2n) is 4.50. The number of aromatic amines is 1. The fraction of sp³-hybridized carbons (Fsp3) is 0.231. The Morgan fingerprint density at radius 1 is 1.35 bits per heavy atom. The highest BCUT2D eigenvalue weighted by molar-refractivity contribution is 9.10. The number of hydrogen-bond donors (Lipinski definition) is 1. The van der Waals surface area contributed by atoms with Gasteiger partial charge in [0.25, 0.3) is 0 Å². The zero-order valence-electron chi connectivity index (χ0n) is 8.96. The molecule has 1 aromatic carbocycles. The number of nitrogens with one attached hydrogen (secondary N) is 1. The molecule has 17 heavy (non-hydrogen) atoms. The van der Waals surface area contributed by atoms with Crippen LogP contribution in [0.1, 0.15) is 18.5 Å². The summed E-state index contributed by atoms with van der Waals surface area (Å²) < 4.78 is 1.01. The zero-order chi connectivity index (χ0) is 12.0. The van der Waals surface area contributed by atoms with E-state index in [0.717, 1.165) is 21.1 Å². The highest BCUT2D eigenvalue weighted by atomic mass is 79.9. The lowest BCUT2D eigenvalue weighted by Crippen LogP contribution is -2.40. The van der Waals surface area contributed by atoms with Crippen molar-refractivity contribution >= 4 is 32.6 Å². The second-order valence-corrected chi connectivity index (χ2v) is 5.42. The van der Waals surface area contributed by atoms with Gasteiger partial charge in [0.05, 0.1) is 6.07 Å². The molecule has 3 rings (SSSR count). The number of nitrogens with zero attached hydrogens (tertiary/aromatic N) is 1. The molecule has 1 aliphatic carbocycles. The summed E-state index contributed by atoms with van der Waals surface area (Å²) in [5.74, 6) is 0.159. The number of benzene rings is 1. The summed E-state index contributed by atoms with van der Waals surface area (Å²) in [7, 11) is 0. The van der Waals surface area contributed by atoms with E-state index in [1.54, 1.807) is 0 Å². The third-order valence-corrected chi connectivity index (χ3v) is 3.80. The Kier molecular flexibility index (Phi) is 2.14. The van der Waals surface area contributed by atoms with Gasteiger partial charge < -0.3 is 4.98 Å². The standard InChI is InChI=1S/C13H9BrN2O/c14-9-1-2-11-8(3-9)4-12(16-11)13(7-15)5-10(17)6-13/h1-4,16H,5-6H2. The molecule has 0 spiro atoms. The van der Waals surface area contributed by atoms with Crippen LogP contribution in [-0.2, 0) is 10.2 Å². The molecule has 1 saturated carbocycles. The number of hydrogen-bond acceptors (Lipinski definition) is 2. The first-order valence-electron chi connectivity index (χ1n) is 5.35. The molecule has 0 atom stereocenters. The summed E-state index contributed by atoms with van der Waals surface area (Å²) in [5.41, 5.74) is 1.23. The van der Waals surface area contributed by atoms with Crippen LogP contribution in [0, 0.1) is 11.3 Å². The van der Waals surface area contributed by atoms with Crippen molar-refractivity contribution in [1.82, 2.24) is 4.98 Å².